The third-order valence-corrected chi connectivity index (χ3v) is 4.23. The highest BCUT2D eigenvalue weighted by molar-refractivity contribution is 7.17. The van der Waals surface area contributed by atoms with Crippen molar-refractivity contribution >= 4 is 28.1 Å². The van der Waals surface area contributed by atoms with Crippen LogP contribution >= 0.6 is 11.3 Å². The summed E-state index contributed by atoms with van der Waals surface area (Å²) in [5.74, 6) is -0.246. The Bertz CT molecular complexity index is 758. The smallest absolute Gasteiger partial charge is 0.348 e. The Hall–Kier alpha value is -2.13. The van der Waals surface area contributed by atoms with Crippen LogP contribution in [0.4, 0.5) is 0 Å². The quantitative estimate of drug-likeness (QED) is 0.648. The molecule has 0 saturated heterocycles. The molecule has 0 atom stereocenters. The summed E-state index contributed by atoms with van der Waals surface area (Å²) in [6.45, 7) is 2.22. The van der Waals surface area contributed by atoms with Gasteiger partial charge in [0, 0.05) is 4.88 Å². The van der Waals surface area contributed by atoms with Crippen molar-refractivity contribution in [1.29, 1.82) is 0 Å². The van der Waals surface area contributed by atoms with Crippen molar-refractivity contribution in [1.82, 2.24) is 0 Å². The number of fused-ring (bicyclic) bond motifs is 1. The minimum atomic E-state index is -0.246. The lowest BCUT2D eigenvalue weighted by Crippen LogP contribution is -2.01. The third kappa shape index (κ3) is 2.45. The SMILES string of the molecule is CCOC(=O)c1ccc(-c2ccc3ccccc3c2)s1. The number of ether oxygens (including phenoxy) is 1. The second-order valence-electron chi connectivity index (χ2n) is 4.45. The molecule has 3 heteroatoms. The zero-order chi connectivity index (χ0) is 13.9. The first kappa shape index (κ1) is 12.9. The molecule has 0 radical (unpaired) electrons. The maximum Gasteiger partial charge on any atom is 0.348 e. The van der Waals surface area contributed by atoms with Crippen LogP contribution in [0.15, 0.2) is 54.6 Å². The van der Waals surface area contributed by atoms with Crippen molar-refractivity contribution in [3.8, 4) is 10.4 Å². The number of hydrogen-bond acceptors (Lipinski definition) is 3. The predicted molar refractivity (Wildman–Crippen MR) is 83.2 cm³/mol. The van der Waals surface area contributed by atoms with E-state index in [4.69, 9.17) is 4.74 Å². The summed E-state index contributed by atoms with van der Waals surface area (Å²) >= 11 is 1.47. The van der Waals surface area contributed by atoms with E-state index in [0.29, 0.717) is 11.5 Å². The largest absolute Gasteiger partial charge is 0.462 e. The molecule has 1 heterocycles. The minimum absolute atomic E-state index is 0.246. The normalized spacial score (nSPS) is 10.7. The maximum absolute atomic E-state index is 11.7. The first-order valence-corrected chi connectivity index (χ1v) is 7.35. The first-order valence-electron chi connectivity index (χ1n) is 6.54. The maximum atomic E-state index is 11.7. The van der Waals surface area contributed by atoms with Gasteiger partial charge in [0.2, 0.25) is 0 Å². The van der Waals surface area contributed by atoms with E-state index >= 15 is 0 Å². The van der Waals surface area contributed by atoms with Gasteiger partial charge in [0.25, 0.3) is 0 Å². The molecule has 2 nitrogen and oxygen atoms in total. The van der Waals surface area contributed by atoms with Crippen molar-refractivity contribution in [2.75, 3.05) is 6.61 Å². The van der Waals surface area contributed by atoms with Crippen molar-refractivity contribution in [2.24, 2.45) is 0 Å². The van der Waals surface area contributed by atoms with Crippen molar-refractivity contribution in [2.45, 2.75) is 6.92 Å². The molecule has 0 saturated carbocycles. The Morgan fingerprint density at radius 1 is 1.05 bits per heavy atom. The fraction of sp³-hybridized carbons (Fsp3) is 0.118. The highest BCUT2D eigenvalue weighted by atomic mass is 32.1. The van der Waals surface area contributed by atoms with Gasteiger partial charge in [-0.2, -0.15) is 0 Å². The zero-order valence-corrected chi connectivity index (χ0v) is 11.9. The Labute approximate surface area is 121 Å². The first-order chi connectivity index (χ1) is 9.78. The number of hydrogen-bond donors (Lipinski definition) is 0. The summed E-state index contributed by atoms with van der Waals surface area (Å²) in [6, 6.07) is 18.4. The summed E-state index contributed by atoms with van der Waals surface area (Å²) in [6.07, 6.45) is 0. The molecule has 0 bridgehead atoms. The summed E-state index contributed by atoms with van der Waals surface area (Å²) in [7, 11) is 0. The highest BCUT2D eigenvalue weighted by Crippen LogP contribution is 2.30. The Morgan fingerprint density at radius 3 is 2.65 bits per heavy atom. The van der Waals surface area contributed by atoms with E-state index in [1.165, 1.54) is 22.1 Å². The van der Waals surface area contributed by atoms with Gasteiger partial charge in [0.15, 0.2) is 0 Å². The van der Waals surface area contributed by atoms with E-state index in [2.05, 4.69) is 30.3 Å². The number of benzene rings is 2. The summed E-state index contributed by atoms with van der Waals surface area (Å²) in [4.78, 5) is 13.4. The molecular weight excluding hydrogens is 268 g/mol. The van der Waals surface area contributed by atoms with Crippen molar-refractivity contribution < 1.29 is 9.53 Å². The topological polar surface area (TPSA) is 26.3 Å². The molecule has 0 amide bonds. The molecule has 0 aliphatic rings. The minimum Gasteiger partial charge on any atom is -0.462 e. The van der Waals surface area contributed by atoms with E-state index in [9.17, 15) is 4.79 Å². The number of carbonyl (C=O) groups excluding carboxylic acids is 1. The molecular formula is C17H14O2S. The van der Waals surface area contributed by atoms with E-state index < -0.39 is 0 Å². The van der Waals surface area contributed by atoms with Crippen molar-refractivity contribution in [3.05, 3.63) is 59.5 Å². The van der Waals surface area contributed by atoms with Gasteiger partial charge in [0.05, 0.1) is 6.61 Å². The molecule has 0 unspecified atom stereocenters. The van der Waals surface area contributed by atoms with Gasteiger partial charge in [-0.05, 0) is 41.5 Å². The average Bonchev–Trinajstić information content (AvgIpc) is 2.97. The van der Waals surface area contributed by atoms with Crippen LogP contribution in [0.5, 0.6) is 0 Å². The van der Waals surface area contributed by atoms with Crippen LogP contribution in [0.25, 0.3) is 21.2 Å². The van der Waals surface area contributed by atoms with E-state index in [0.717, 1.165) is 10.4 Å². The summed E-state index contributed by atoms with van der Waals surface area (Å²) < 4.78 is 5.02. The van der Waals surface area contributed by atoms with Gasteiger partial charge in [-0.15, -0.1) is 11.3 Å². The van der Waals surface area contributed by atoms with Gasteiger partial charge in [0.1, 0.15) is 4.88 Å². The standard InChI is InChI=1S/C17H14O2S/c1-2-19-17(18)16-10-9-15(20-16)14-8-7-12-5-3-4-6-13(12)11-14/h3-11H,2H2,1H3. The fourth-order valence-corrected chi connectivity index (χ4v) is 3.04. The summed E-state index contributed by atoms with van der Waals surface area (Å²) in [5.41, 5.74) is 1.13. The molecule has 0 N–H and O–H groups in total. The molecule has 3 aromatic rings. The Morgan fingerprint density at radius 2 is 1.85 bits per heavy atom. The molecule has 3 rings (SSSR count). The molecule has 0 aliphatic heterocycles. The van der Waals surface area contributed by atoms with E-state index in [1.807, 2.05) is 31.2 Å². The fourth-order valence-electron chi connectivity index (χ4n) is 2.15. The second kappa shape index (κ2) is 5.47. The highest BCUT2D eigenvalue weighted by Gasteiger charge is 2.11. The van der Waals surface area contributed by atoms with E-state index in [1.54, 1.807) is 0 Å². The molecule has 100 valence electrons. The molecule has 2 aromatic carbocycles. The lowest BCUT2D eigenvalue weighted by atomic mass is 10.1. The number of thiophene rings is 1. The van der Waals surface area contributed by atoms with Crippen LogP contribution in [0.1, 0.15) is 16.6 Å². The van der Waals surface area contributed by atoms with Gasteiger partial charge in [-0.25, -0.2) is 4.79 Å². The van der Waals surface area contributed by atoms with Crippen LogP contribution in [0.3, 0.4) is 0 Å². The molecule has 0 fully saturated rings. The molecule has 0 spiro atoms. The lowest BCUT2D eigenvalue weighted by Gasteiger charge is -2.01. The monoisotopic (exact) mass is 282 g/mol. The third-order valence-electron chi connectivity index (χ3n) is 3.12. The van der Waals surface area contributed by atoms with Crippen LogP contribution < -0.4 is 0 Å². The van der Waals surface area contributed by atoms with Gasteiger partial charge in [-0.1, -0.05) is 36.4 Å². The van der Waals surface area contributed by atoms with Gasteiger partial charge in [-0.3, -0.25) is 0 Å². The predicted octanol–water partition coefficient (Wildman–Crippen LogP) is 4.75. The Kier molecular flexibility index (Phi) is 3.52. The molecule has 1 aromatic heterocycles. The zero-order valence-electron chi connectivity index (χ0n) is 11.1. The lowest BCUT2D eigenvalue weighted by molar-refractivity contribution is 0.0532. The Balaban J connectivity index is 1.96. The average molecular weight is 282 g/mol. The number of rotatable bonds is 3. The number of carbonyl (C=O) groups is 1. The second-order valence-corrected chi connectivity index (χ2v) is 5.53. The summed E-state index contributed by atoms with van der Waals surface area (Å²) in [5, 5.41) is 2.43. The van der Waals surface area contributed by atoms with Crippen molar-refractivity contribution in [3.63, 3.8) is 0 Å². The van der Waals surface area contributed by atoms with Crippen LogP contribution in [0, 0.1) is 0 Å². The number of esters is 1. The van der Waals surface area contributed by atoms with Crippen LogP contribution in [0.2, 0.25) is 0 Å². The molecule has 20 heavy (non-hydrogen) atoms. The van der Waals surface area contributed by atoms with Crippen LogP contribution in [-0.2, 0) is 4.74 Å². The van der Waals surface area contributed by atoms with E-state index in [-0.39, 0.29) is 5.97 Å². The molecule has 0 aliphatic carbocycles. The van der Waals surface area contributed by atoms with Gasteiger partial charge < -0.3 is 4.74 Å². The van der Waals surface area contributed by atoms with Gasteiger partial charge >= 0.3 is 5.97 Å². The van der Waals surface area contributed by atoms with Crippen LogP contribution in [-0.4, -0.2) is 12.6 Å².